The van der Waals surface area contributed by atoms with E-state index in [1.807, 2.05) is 44.2 Å². The number of anilines is 2. The maximum atomic E-state index is 13.2. The Morgan fingerprint density at radius 3 is 2.57 bits per heavy atom. The zero-order chi connectivity index (χ0) is 26.2. The molecule has 1 aliphatic carbocycles. The van der Waals surface area contributed by atoms with Gasteiger partial charge in [0.05, 0.1) is 33.9 Å². The Kier molecular flexibility index (Phi) is 6.68. The minimum atomic E-state index is -3.50. The van der Waals surface area contributed by atoms with Gasteiger partial charge >= 0.3 is 6.03 Å². The third-order valence-electron chi connectivity index (χ3n) is 6.59. The zero-order valence-electron chi connectivity index (χ0n) is 21.0. The molecule has 1 aliphatic rings. The predicted molar refractivity (Wildman–Crippen MR) is 146 cm³/mol. The highest BCUT2D eigenvalue weighted by Gasteiger charge is 2.27. The molecule has 2 amide bonds. The highest BCUT2D eigenvalue weighted by Crippen LogP contribution is 2.41. The van der Waals surface area contributed by atoms with Crippen molar-refractivity contribution in [1.29, 1.82) is 0 Å². The van der Waals surface area contributed by atoms with Crippen molar-refractivity contribution < 1.29 is 13.2 Å². The number of aryl methyl sites for hydroxylation is 1. The van der Waals surface area contributed by atoms with Crippen molar-refractivity contribution in [3.63, 3.8) is 0 Å². The van der Waals surface area contributed by atoms with Gasteiger partial charge in [0.15, 0.2) is 9.84 Å². The van der Waals surface area contributed by atoms with Crippen LogP contribution >= 0.6 is 0 Å². The monoisotopic (exact) mass is 520 g/mol. The smallest absolute Gasteiger partial charge is 0.319 e. The summed E-state index contributed by atoms with van der Waals surface area (Å²) in [5, 5.41) is 6.48. The molecule has 194 valence electrons. The summed E-state index contributed by atoms with van der Waals surface area (Å²) in [4.78, 5) is 16.3. The van der Waals surface area contributed by atoms with Gasteiger partial charge in [0, 0.05) is 48.2 Å². The van der Waals surface area contributed by atoms with Gasteiger partial charge in [-0.15, -0.1) is 0 Å². The summed E-state index contributed by atoms with van der Waals surface area (Å²) in [6, 6.07) is 12.6. The number of nitrogens with two attached hydrogens (primary N) is 1. The molecule has 0 bridgehead atoms. The van der Waals surface area contributed by atoms with E-state index in [1.165, 1.54) is 0 Å². The third kappa shape index (κ3) is 5.48. The summed E-state index contributed by atoms with van der Waals surface area (Å²) in [5.74, 6) is 0.537. The summed E-state index contributed by atoms with van der Waals surface area (Å²) >= 11 is 0. The molecule has 5 rings (SSSR count). The molecular weight excluding hydrogens is 488 g/mol. The molecule has 37 heavy (non-hydrogen) atoms. The lowest BCUT2D eigenvalue weighted by Gasteiger charge is -2.13. The number of benzene rings is 2. The first kappa shape index (κ1) is 24.9. The van der Waals surface area contributed by atoms with Gasteiger partial charge in [-0.3, -0.25) is 0 Å². The van der Waals surface area contributed by atoms with Crippen molar-refractivity contribution in [3.8, 4) is 11.3 Å². The molecule has 4 aromatic rings. The number of aromatic nitrogens is 3. The maximum Gasteiger partial charge on any atom is 0.319 e. The van der Waals surface area contributed by atoms with Crippen LogP contribution in [0.15, 0.2) is 66.1 Å². The van der Waals surface area contributed by atoms with Crippen LogP contribution in [0.25, 0.3) is 22.2 Å². The number of carbonyl (C=O) groups excluding carboxylic acids is 1. The van der Waals surface area contributed by atoms with E-state index < -0.39 is 9.84 Å². The molecule has 4 N–H and O–H groups in total. The molecule has 10 heteroatoms. The molecule has 1 saturated carbocycles. The molecule has 0 unspecified atom stereocenters. The largest absolute Gasteiger partial charge is 0.396 e. The molecule has 2 aromatic heterocycles. The second-order valence-corrected chi connectivity index (χ2v) is 12.1. The third-order valence-corrected chi connectivity index (χ3v) is 8.28. The number of urea groups is 1. The van der Waals surface area contributed by atoms with Gasteiger partial charge < -0.3 is 25.5 Å². The van der Waals surface area contributed by atoms with Crippen LogP contribution in [-0.4, -0.2) is 40.4 Å². The first-order valence-corrected chi connectivity index (χ1v) is 14.1. The second kappa shape index (κ2) is 9.93. The van der Waals surface area contributed by atoms with E-state index in [1.54, 1.807) is 35.4 Å². The molecule has 9 nitrogen and oxygen atoms in total. The van der Waals surface area contributed by atoms with E-state index in [9.17, 15) is 13.2 Å². The van der Waals surface area contributed by atoms with Crippen LogP contribution in [0.4, 0.5) is 16.2 Å². The van der Waals surface area contributed by atoms with Gasteiger partial charge in [0.1, 0.15) is 0 Å². The molecular formula is C27H32N6O3S. The number of hydrogen-bond acceptors (Lipinski definition) is 5. The number of nitrogen functional groups attached to an aromatic ring is 1. The fraction of sp³-hybridized carbons (Fsp3) is 0.333. The Balaban J connectivity index is 1.49. The number of sulfone groups is 1. The topological polar surface area (TPSA) is 124 Å². The summed E-state index contributed by atoms with van der Waals surface area (Å²) in [5.41, 5.74) is 10.6. The average molecular weight is 521 g/mol. The van der Waals surface area contributed by atoms with Crippen LogP contribution < -0.4 is 16.4 Å². The minimum Gasteiger partial charge on any atom is -0.396 e. The fourth-order valence-electron chi connectivity index (χ4n) is 4.51. The second-order valence-electron chi connectivity index (χ2n) is 9.95. The van der Waals surface area contributed by atoms with Gasteiger partial charge in [0.25, 0.3) is 0 Å². The van der Waals surface area contributed by atoms with E-state index in [-0.39, 0.29) is 22.7 Å². The maximum absolute atomic E-state index is 13.2. The number of nitrogens with zero attached hydrogens (tertiary/aromatic N) is 3. The lowest BCUT2D eigenvalue weighted by molar-refractivity contribution is 0.250. The van der Waals surface area contributed by atoms with Crippen molar-refractivity contribution in [2.75, 3.05) is 16.8 Å². The van der Waals surface area contributed by atoms with Crippen LogP contribution in [0.3, 0.4) is 0 Å². The number of nitrogens with one attached hydrogen (secondary N) is 2. The van der Waals surface area contributed by atoms with Gasteiger partial charge in [-0.2, -0.15) is 0 Å². The highest BCUT2D eigenvalue weighted by atomic mass is 32.2. The SMILES string of the molecule is CC(C)NC(=O)Nc1ccc(-c2c(N)c3ccc(S(=O)(=O)CCn4ccnc4)cc3n2CC2CC2)cc1. The first-order valence-electron chi connectivity index (χ1n) is 12.5. The van der Waals surface area contributed by atoms with E-state index in [0.717, 1.165) is 41.5 Å². The molecule has 1 fully saturated rings. The number of carbonyl (C=O) groups is 1. The average Bonchev–Trinajstić information content (AvgIpc) is 3.43. The highest BCUT2D eigenvalue weighted by molar-refractivity contribution is 7.91. The van der Waals surface area contributed by atoms with Crippen LogP contribution in [0.1, 0.15) is 26.7 Å². The molecule has 0 saturated heterocycles. The van der Waals surface area contributed by atoms with E-state index >= 15 is 0 Å². The van der Waals surface area contributed by atoms with Crippen LogP contribution in [0, 0.1) is 5.92 Å². The summed E-state index contributed by atoms with van der Waals surface area (Å²) in [7, 11) is -3.50. The van der Waals surface area contributed by atoms with Gasteiger partial charge in [-0.05, 0) is 62.9 Å². The molecule has 2 heterocycles. The molecule has 2 aromatic carbocycles. The Morgan fingerprint density at radius 1 is 1.16 bits per heavy atom. The van der Waals surface area contributed by atoms with Crippen LogP contribution in [0.5, 0.6) is 0 Å². The van der Waals surface area contributed by atoms with E-state index in [0.29, 0.717) is 23.8 Å². The molecule has 0 spiro atoms. The Bertz CT molecular complexity index is 1520. The van der Waals surface area contributed by atoms with E-state index in [4.69, 9.17) is 5.73 Å². The van der Waals surface area contributed by atoms with Gasteiger partial charge in [-0.1, -0.05) is 12.1 Å². The van der Waals surface area contributed by atoms with E-state index in [2.05, 4.69) is 20.2 Å². The summed E-state index contributed by atoms with van der Waals surface area (Å²) < 4.78 is 30.2. The van der Waals surface area contributed by atoms with Crippen LogP contribution in [-0.2, 0) is 22.9 Å². The van der Waals surface area contributed by atoms with Crippen molar-refractivity contribution in [3.05, 3.63) is 61.2 Å². The van der Waals surface area contributed by atoms with Gasteiger partial charge in [0.2, 0.25) is 0 Å². The Hall–Kier alpha value is -3.79. The van der Waals surface area contributed by atoms with Gasteiger partial charge in [-0.25, -0.2) is 18.2 Å². The number of amides is 2. The zero-order valence-corrected chi connectivity index (χ0v) is 21.8. The number of fused-ring (bicyclic) bond motifs is 1. The lowest BCUT2D eigenvalue weighted by atomic mass is 10.1. The number of imidazole rings is 1. The predicted octanol–water partition coefficient (Wildman–Crippen LogP) is 4.50. The van der Waals surface area contributed by atoms with Crippen molar-refractivity contribution in [1.82, 2.24) is 19.4 Å². The molecule has 0 radical (unpaired) electrons. The van der Waals surface area contributed by atoms with Crippen molar-refractivity contribution in [2.45, 2.75) is 50.7 Å². The Labute approximate surface area is 216 Å². The van der Waals surface area contributed by atoms with Crippen molar-refractivity contribution in [2.24, 2.45) is 5.92 Å². The normalized spacial score (nSPS) is 13.8. The molecule has 0 atom stereocenters. The fourth-order valence-corrected chi connectivity index (χ4v) is 5.77. The Morgan fingerprint density at radius 2 is 1.92 bits per heavy atom. The number of rotatable bonds is 9. The van der Waals surface area contributed by atoms with Crippen molar-refractivity contribution >= 4 is 38.1 Å². The van der Waals surface area contributed by atoms with Crippen LogP contribution in [0.2, 0.25) is 0 Å². The minimum absolute atomic E-state index is 0.0145. The molecule has 0 aliphatic heterocycles. The number of hydrogen-bond donors (Lipinski definition) is 3. The quantitative estimate of drug-likeness (QED) is 0.300. The lowest BCUT2D eigenvalue weighted by Crippen LogP contribution is -2.34. The summed E-state index contributed by atoms with van der Waals surface area (Å²) in [6.45, 7) is 4.92. The first-order chi connectivity index (χ1) is 17.7. The standard InChI is InChI=1S/C27H32N6O3S/c1-18(2)30-27(34)31-21-7-5-20(6-8-21)26-25(28)23-10-9-22(15-24(23)33(26)16-19-3-4-19)37(35,36)14-13-32-12-11-29-17-32/h5-12,15,17-19H,3-4,13-14,16,28H2,1-2H3,(H2,30,31,34). The summed E-state index contributed by atoms with van der Waals surface area (Å²) in [6.07, 6.45) is 7.30.